The Morgan fingerprint density at radius 1 is 1.09 bits per heavy atom. The predicted octanol–water partition coefficient (Wildman–Crippen LogP) is 5.77. The molecular weight excluding hydrogens is 452 g/mol. The number of amides is 1. The number of rotatable bonds is 4. The fourth-order valence-corrected chi connectivity index (χ4v) is 4.78. The van der Waals surface area contributed by atoms with Gasteiger partial charge < -0.3 is 10.1 Å². The predicted molar refractivity (Wildman–Crippen MR) is 117 cm³/mol. The summed E-state index contributed by atoms with van der Waals surface area (Å²) in [6.07, 6.45) is -2.00. The molecule has 0 bridgehead atoms. The van der Waals surface area contributed by atoms with Crippen molar-refractivity contribution >= 4 is 23.4 Å². The van der Waals surface area contributed by atoms with Gasteiger partial charge in [0.2, 0.25) is 0 Å². The zero-order valence-corrected chi connectivity index (χ0v) is 18.5. The molecule has 1 heterocycles. The molecule has 1 aliphatic carbocycles. The van der Waals surface area contributed by atoms with Crippen molar-refractivity contribution in [2.45, 2.75) is 44.7 Å². The van der Waals surface area contributed by atoms with Gasteiger partial charge in [-0.1, -0.05) is 12.1 Å². The van der Waals surface area contributed by atoms with Crippen LogP contribution in [0, 0.1) is 17.7 Å². The lowest BCUT2D eigenvalue weighted by Gasteiger charge is -2.32. The number of benzene rings is 2. The fraction of sp³-hybridized carbons (Fsp3) is 0.400. The number of hydrogen-bond acceptors (Lipinski definition) is 4. The Morgan fingerprint density at radius 3 is 2.50 bits per heavy atom. The van der Waals surface area contributed by atoms with E-state index in [0.29, 0.717) is 38.0 Å². The molecule has 0 saturated heterocycles. The summed E-state index contributed by atoms with van der Waals surface area (Å²) in [6.45, 7) is 2.08. The van der Waals surface area contributed by atoms with Gasteiger partial charge in [-0.2, -0.15) is 13.2 Å². The van der Waals surface area contributed by atoms with Crippen molar-refractivity contribution in [2.24, 2.45) is 16.8 Å². The summed E-state index contributed by atoms with van der Waals surface area (Å²) in [4.78, 5) is 29.4. The molecule has 1 N–H and O–H groups in total. The van der Waals surface area contributed by atoms with Crippen LogP contribution in [0.1, 0.15) is 60.0 Å². The molecule has 1 fully saturated rings. The molecule has 34 heavy (non-hydrogen) atoms. The molecule has 2 aliphatic rings. The van der Waals surface area contributed by atoms with Crippen LogP contribution >= 0.6 is 0 Å². The number of nitrogens with one attached hydrogen (secondary N) is 1. The number of carbonyl (C=O) groups is 2. The van der Waals surface area contributed by atoms with Crippen LogP contribution in [0.2, 0.25) is 0 Å². The Bertz CT molecular complexity index is 1120. The smallest absolute Gasteiger partial charge is 0.416 e. The van der Waals surface area contributed by atoms with Gasteiger partial charge in [0.25, 0.3) is 5.91 Å². The van der Waals surface area contributed by atoms with E-state index in [0.717, 1.165) is 17.7 Å². The average Bonchev–Trinajstić information content (AvgIpc) is 3.15. The maximum atomic E-state index is 13.8. The van der Waals surface area contributed by atoms with Gasteiger partial charge in [0.1, 0.15) is 11.7 Å². The first-order valence-electron chi connectivity index (χ1n) is 11.2. The standard InChI is InChI=1S/C25H24F4N2O3/c1-2-34-24(33)15-8-6-14(7-9-15)21-19-11-10-18(26)13-20(19)30-22(21)31-23(32)16-4-3-5-17(12-16)25(27,28)29/h3-5,10-15,21H,2,6-9H2,1H3,(H,30,31,32). The van der Waals surface area contributed by atoms with Crippen molar-refractivity contribution in [3.8, 4) is 0 Å². The van der Waals surface area contributed by atoms with Crippen molar-refractivity contribution in [1.29, 1.82) is 0 Å². The first-order valence-corrected chi connectivity index (χ1v) is 11.2. The normalized spacial score (nSPS) is 22.0. The Labute approximate surface area is 194 Å². The lowest BCUT2D eigenvalue weighted by molar-refractivity contribution is -0.149. The zero-order valence-electron chi connectivity index (χ0n) is 18.5. The van der Waals surface area contributed by atoms with Crippen LogP contribution in [0.3, 0.4) is 0 Å². The van der Waals surface area contributed by atoms with Gasteiger partial charge >= 0.3 is 12.1 Å². The van der Waals surface area contributed by atoms with Crippen LogP contribution in [-0.4, -0.2) is 24.3 Å². The minimum Gasteiger partial charge on any atom is -0.466 e. The highest BCUT2D eigenvalue weighted by molar-refractivity contribution is 6.11. The Morgan fingerprint density at radius 2 is 1.82 bits per heavy atom. The van der Waals surface area contributed by atoms with Crippen molar-refractivity contribution in [3.05, 3.63) is 65.0 Å². The highest BCUT2D eigenvalue weighted by Gasteiger charge is 2.39. The highest BCUT2D eigenvalue weighted by Crippen LogP contribution is 2.45. The summed E-state index contributed by atoms with van der Waals surface area (Å²) >= 11 is 0. The Balaban J connectivity index is 1.56. The van der Waals surface area contributed by atoms with Gasteiger partial charge in [-0.25, -0.2) is 9.38 Å². The third-order valence-corrected chi connectivity index (χ3v) is 6.42. The molecule has 1 amide bonds. The number of nitrogens with zero attached hydrogens (tertiary/aromatic N) is 1. The first kappa shape index (κ1) is 23.9. The number of aliphatic imine (C=N–C) groups is 1. The zero-order chi connectivity index (χ0) is 24.5. The van der Waals surface area contributed by atoms with E-state index in [9.17, 15) is 27.2 Å². The highest BCUT2D eigenvalue weighted by atomic mass is 19.4. The Hall–Kier alpha value is -3.23. The molecule has 2 aromatic rings. The molecule has 2 aromatic carbocycles. The number of hydrogen-bond donors (Lipinski definition) is 1. The monoisotopic (exact) mass is 476 g/mol. The molecule has 9 heteroatoms. The van der Waals surface area contributed by atoms with Crippen LogP contribution in [0.5, 0.6) is 0 Å². The largest absolute Gasteiger partial charge is 0.466 e. The van der Waals surface area contributed by atoms with Crippen molar-refractivity contribution in [3.63, 3.8) is 0 Å². The maximum absolute atomic E-state index is 13.8. The van der Waals surface area contributed by atoms with E-state index in [1.165, 1.54) is 24.3 Å². The van der Waals surface area contributed by atoms with Crippen LogP contribution in [0.4, 0.5) is 23.2 Å². The van der Waals surface area contributed by atoms with Gasteiger partial charge in [-0.15, -0.1) is 0 Å². The quantitative estimate of drug-likeness (QED) is 0.450. The third-order valence-electron chi connectivity index (χ3n) is 6.42. The summed E-state index contributed by atoms with van der Waals surface area (Å²) in [6, 6.07) is 8.38. The van der Waals surface area contributed by atoms with E-state index in [1.807, 2.05) is 0 Å². The van der Waals surface area contributed by atoms with Crippen LogP contribution in [-0.2, 0) is 15.7 Å². The Kier molecular flexibility index (Phi) is 6.72. The van der Waals surface area contributed by atoms with Crippen molar-refractivity contribution in [2.75, 3.05) is 6.61 Å². The summed E-state index contributed by atoms with van der Waals surface area (Å²) in [5.41, 5.74) is 0.0642. The molecule has 0 radical (unpaired) electrons. The van der Waals surface area contributed by atoms with E-state index in [4.69, 9.17) is 4.74 Å². The fourth-order valence-electron chi connectivity index (χ4n) is 4.78. The number of esters is 1. The molecule has 0 aromatic heterocycles. The third kappa shape index (κ3) is 4.98. The first-order chi connectivity index (χ1) is 16.2. The van der Waals surface area contributed by atoms with Gasteiger partial charge in [-0.05, 0) is 74.4 Å². The molecule has 1 unspecified atom stereocenters. The summed E-state index contributed by atoms with van der Waals surface area (Å²) in [5.74, 6) is -1.65. The molecule has 1 saturated carbocycles. The van der Waals surface area contributed by atoms with Crippen molar-refractivity contribution < 1.29 is 31.9 Å². The summed E-state index contributed by atoms with van der Waals surface area (Å²) < 4.78 is 58.2. The van der Waals surface area contributed by atoms with Crippen LogP contribution in [0.25, 0.3) is 0 Å². The minimum atomic E-state index is -4.57. The molecule has 1 aliphatic heterocycles. The SMILES string of the molecule is CCOC(=O)C1CCC(C2C(NC(=O)c3cccc(C(F)(F)F)c3)=Nc3cc(F)ccc32)CC1. The van der Waals surface area contributed by atoms with E-state index >= 15 is 0 Å². The molecule has 180 valence electrons. The van der Waals surface area contributed by atoms with Crippen LogP contribution in [0.15, 0.2) is 47.5 Å². The lowest BCUT2D eigenvalue weighted by atomic mass is 9.73. The maximum Gasteiger partial charge on any atom is 0.416 e. The number of halogens is 4. The number of carbonyl (C=O) groups excluding carboxylic acids is 2. The number of amidine groups is 1. The van der Waals surface area contributed by atoms with E-state index < -0.39 is 23.5 Å². The second-order valence-electron chi connectivity index (χ2n) is 8.57. The van der Waals surface area contributed by atoms with Crippen molar-refractivity contribution in [1.82, 2.24) is 5.32 Å². The van der Waals surface area contributed by atoms with Crippen LogP contribution < -0.4 is 5.32 Å². The second kappa shape index (κ2) is 9.56. The number of ether oxygens (including phenoxy) is 1. The van der Waals surface area contributed by atoms with Gasteiger partial charge in [-0.3, -0.25) is 9.59 Å². The average molecular weight is 476 g/mol. The lowest BCUT2D eigenvalue weighted by Crippen LogP contribution is -2.37. The molecule has 1 atom stereocenters. The molecule has 5 nitrogen and oxygen atoms in total. The summed E-state index contributed by atoms with van der Waals surface area (Å²) in [7, 11) is 0. The summed E-state index contributed by atoms with van der Waals surface area (Å²) in [5, 5.41) is 2.67. The number of fused-ring (bicyclic) bond motifs is 1. The van der Waals surface area contributed by atoms with E-state index in [-0.39, 0.29) is 35.1 Å². The molecule has 4 rings (SSSR count). The van der Waals surface area contributed by atoms with Gasteiger partial charge in [0.05, 0.1) is 23.8 Å². The number of alkyl halides is 3. The second-order valence-corrected chi connectivity index (χ2v) is 8.57. The topological polar surface area (TPSA) is 67.8 Å². The molecule has 0 spiro atoms. The molecular formula is C25H24F4N2O3. The van der Waals surface area contributed by atoms with Gasteiger partial charge in [0.15, 0.2) is 0 Å². The van der Waals surface area contributed by atoms with E-state index in [1.54, 1.807) is 13.0 Å². The minimum absolute atomic E-state index is 0.0259. The van der Waals surface area contributed by atoms with E-state index in [2.05, 4.69) is 10.3 Å². The van der Waals surface area contributed by atoms with Gasteiger partial charge in [0, 0.05) is 11.5 Å².